The summed E-state index contributed by atoms with van der Waals surface area (Å²) in [6.45, 7) is 3.65. The molecule has 2 heterocycles. The topological polar surface area (TPSA) is 68.7 Å². The number of ether oxygens (including phenoxy) is 2. The fourth-order valence-electron chi connectivity index (χ4n) is 4.77. The number of thiazole rings is 1. The third-order valence-electron chi connectivity index (χ3n) is 6.76. The molecule has 5 rings (SSSR count). The molecule has 6 nitrogen and oxygen atoms in total. The van der Waals surface area contributed by atoms with E-state index in [9.17, 15) is 9.59 Å². The number of amides is 1. The number of esters is 1. The lowest BCUT2D eigenvalue weighted by Crippen LogP contribution is -2.53. The van der Waals surface area contributed by atoms with Crippen molar-refractivity contribution >= 4 is 28.9 Å². The van der Waals surface area contributed by atoms with Crippen LogP contribution in [-0.4, -0.2) is 35.1 Å². The zero-order chi connectivity index (χ0) is 24.4. The predicted octanol–water partition coefficient (Wildman–Crippen LogP) is 6.25. The molecule has 2 aliphatic rings. The molecule has 0 saturated heterocycles. The van der Waals surface area contributed by atoms with Crippen molar-refractivity contribution in [3.8, 4) is 27.6 Å². The maximum absolute atomic E-state index is 13.4. The minimum atomic E-state index is -0.744. The quantitative estimate of drug-likeness (QED) is 0.382. The van der Waals surface area contributed by atoms with Gasteiger partial charge < -0.3 is 9.47 Å². The number of nitrogens with zero attached hydrogens (tertiary/aromatic N) is 2. The zero-order valence-electron chi connectivity index (χ0n) is 20.1. The third kappa shape index (κ3) is 4.82. The van der Waals surface area contributed by atoms with Gasteiger partial charge in [0, 0.05) is 16.5 Å². The Bertz CT molecular complexity index is 1200. The van der Waals surface area contributed by atoms with Gasteiger partial charge in [0.05, 0.1) is 11.4 Å². The highest BCUT2D eigenvalue weighted by molar-refractivity contribution is 7.13. The summed E-state index contributed by atoms with van der Waals surface area (Å²) >= 11 is 1.57. The van der Waals surface area contributed by atoms with Gasteiger partial charge in [0.1, 0.15) is 22.9 Å². The van der Waals surface area contributed by atoms with Crippen molar-refractivity contribution < 1.29 is 19.1 Å². The van der Waals surface area contributed by atoms with Crippen LogP contribution in [0.15, 0.2) is 53.9 Å². The van der Waals surface area contributed by atoms with Gasteiger partial charge in [-0.25, -0.2) is 9.78 Å². The van der Waals surface area contributed by atoms with E-state index in [0.29, 0.717) is 17.9 Å². The van der Waals surface area contributed by atoms with Crippen LogP contribution < -0.4 is 9.64 Å². The van der Waals surface area contributed by atoms with Gasteiger partial charge in [-0.1, -0.05) is 43.7 Å². The normalized spacial score (nSPS) is 19.1. The van der Waals surface area contributed by atoms with Crippen LogP contribution in [0.5, 0.6) is 5.75 Å². The lowest BCUT2D eigenvalue weighted by molar-refractivity contribution is -0.153. The molecule has 182 valence electrons. The van der Waals surface area contributed by atoms with Crippen LogP contribution in [0.1, 0.15) is 52.4 Å². The van der Waals surface area contributed by atoms with Gasteiger partial charge in [-0.3, -0.25) is 9.69 Å². The molecule has 1 amide bonds. The van der Waals surface area contributed by atoms with Crippen LogP contribution >= 0.6 is 11.3 Å². The average molecular weight is 491 g/mol. The summed E-state index contributed by atoms with van der Waals surface area (Å²) in [7, 11) is 0. The number of hydrogen-bond donors (Lipinski definition) is 0. The van der Waals surface area contributed by atoms with Gasteiger partial charge >= 0.3 is 5.97 Å². The molecule has 0 radical (unpaired) electrons. The number of anilines is 1. The Hall–Kier alpha value is -3.19. The first-order valence-corrected chi connectivity index (χ1v) is 13.3. The van der Waals surface area contributed by atoms with Gasteiger partial charge in [0.15, 0.2) is 6.10 Å². The van der Waals surface area contributed by atoms with Crippen molar-refractivity contribution in [1.29, 1.82) is 0 Å². The lowest BCUT2D eigenvalue weighted by atomic mass is 9.98. The standard InChI is InChI=1S/C28H30N2O4S/c1-3-24-27(31)30(18(2)28(32)33-21-12-8-5-9-13-21)23-16-20(14-15-25(23)34-24)22-17-35-26(29-22)19-10-6-4-7-11-19/h4,6-7,10-11,14-18,21,24H,3,5,8-9,12-13H2,1-2H3. The first kappa shape index (κ1) is 23.5. The summed E-state index contributed by atoms with van der Waals surface area (Å²) in [6, 6.07) is 15.0. The molecule has 2 atom stereocenters. The first-order chi connectivity index (χ1) is 17.0. The number of carbonyl (C=O) groups excluding carboxylic acids is 2. The Morgan fingerprint density at radius 2 is 1.91 bits per heavy atom. The molecule has 0 N–H and O–H groups in total. The molecule has 1 aromatic heterocycles. The molecule has 2 unspecified atom stereocenters. The molecule has 1 aliphatic heterocycles. The second kappa shape index (κ2) is 10.2. The Labute approximate surface area is 209 Å². The van der Waals surface area contributed by atoms with Crippen molar-refractivity contribution in [2.45, 2.75) is 70.6 Å². The van der Waals surface area contributed by atoms with Crippen LogP contribution in [0.25, 0.3) is 21.8 Å². The van der Waals surface area contributed by atoms with Gasteiger partial charge in [-0.15, -0.1) is 11.3 Å². The highest BCUT2D eigenvalue weighted by Gasteiger charge is 2.40. The molecule has 2 aromatic carbocycles. The second-order valence-electron chi connectivity index (χ2n) is 9.18. The first-order valence-electron chi connectivity index (χ1n) is 12.4. The number of benzene rings is 2. The molecular weight excluding hydrogens is 460 g/mol. The summed E-state index contributed by atoms with van der Waals surface area (Å²) in [4.78, 5) is 32.9. The van der Waals surface area contributed by atoms with Crippen molar-refractivity contribution in [1.82, 2.24) is 4.98 Å². The van der Waals surface area contributed by atoms with Gasteiger partial charge in [-0.05, 0) is 57.2 Å². The number of carbonyl (C=O) groups is 2. The molecule has 7 heteroatoms. The highest BCUT2D eigenvalue weighted by Crippen LogP contribution is 2.40. The minimum Gasteiger partial charge on any atom is -0.478 e. The van der Waals surface area contributed by atoms with Gasteiger partial charge in [-0.2, -0.15) is 0 Å². The maximum Gasteiger partial charge on any atom is 0.329 e. The van der Waals surface area contributed by atoms with Crippen LogP contribution in [-0.2, 0) is 14.3 Å². The molecule has 1 fully saturated rings. The van der Waals surface area contributed by atoms with E-state index in [1.165, 1.54) is 6.42 Å². The second-order valence-corrected chi connectivity index (χ2v) is 10.0. The fourth-order valence-corrected chi connectivity index (χ4v) is 5.61. The number of fused-ring (bicyclic) bond motifs is 1. The lowest BCUT2D eigenvalue weighted by Gasteiger charge is -2.37. The van der Waals surface area contributed by atoms with E-state index in [1.54, 1.807) is 23.2 Å². The average Bonchev–Trinajstić information content (AvgIpc) is 3.39. The largest absolute Gasteiger partial charge is 0.478 e. The van der Waals surface area contributed by atoms with Crippen molar-refractivity contribution in [3.63, 3.8) is 0 Å². The smallest absolute Gasteiger partial charge is 0.329 e. The summed E-state index contributed by atoms with van der Waals surface area (Å²) in [5, 5.41) is 2.94. The molecular formula is C28H30N2O4S. The van der Waals surface area contributed by atoms with E-state index in [2.05, 4.69) is 0 Å². The zero-order valence-corrected chi connectivity index (χ0v) is 20.9. The van der Waals surface area contributed by atoms with Crippen LogP contribution in [0.4, 0.5) is 5.69 Å². The molecule has 1 aliphatic carbocycles. The summed E-state index contributed by atoms with van der Waals surface area (Å²) in [5.74, 6) is 0.0166. The van der Waals surface area contributed by atoms with E-state index in [-0.39, 0.29) is 18.0 Å². The summed E-state index contributed by atoms with van der Waals surface area (Å²) in [6.07, 6.45) is 4.95. The number of rotatable bonds is 6. The minimum absolute atomic E-state index is 0.0611. The number of aromatic nitrogens is 1. The number of hydrogen-bond acceptors (Lipinski definition) is 6. The monoisotopic (exact) mass is 490 g/mol. The molecule has 0 bridgehead atoms. The van der Waals surface area contributed by atoms with Gasteiger partial charge in [0.25, 0.3) is 5.91 Å². The van der Waals surface area contributed by atoms with Crippen molar-refractivity contribution in [3.05, 3.63) is 53.9 Å². The summed E-state index contributed by atoms with van der Waals surface area (Å²) < 4.78 is 11.8. The Morgan fingerprint density at radius 1 is 1.14 bits per heavy atom. The summed E-state index contributed by atoms with van der Waals surface area (Å²) in [5.41, 5.74) is 3.33. The Kier molecular flexibility index (Phi) is 6.86. The highest BCUT2D eigenvalue weighted by atomic mass is 32.1. The van der Waals surface area contributed by atoms with Crippen LogP contribution in [0.3, 0.4) is 0 Å². The molecule has 35 heavy (non-hydrogen) atoms. The van der Waals surface area contributed by atoms with Crippen LogP contribution in [0, 0.1) is 0 Å². The molecule has 0 spiro atoms. The van der Waals surface area contributed by atoms with E-state index in [0.717, 1.165) is 47.5 Å². The van der Waals surface area contributed by atoms with Crippen molar-refractivity contribution in [2.24, 2.45) is 0 Å². The van der Waals surface area contributed by atoms with E-state index in [4.69, 9.17) is 14.5 Å². The van der Waals surface area contributed by atoms with Gasteiger partial charge in [0.2, 0.25) is 0 Å². The van der Waals surface area contributed by atoms with E-state index >= 15 is 0 Å². The SMILES string of the molecule is CCC1Oc2ccc(-c3csc(-c4ccccc4)n3)cc2N(C(C)C(=O)OC2CCCCC2)C1=O. The fraction of sp³-hybridized carbons (Fsp3) is 0.393. The Balaban J connectivity index is 1.45. The Morgan fingerprint density at radius 3 is 2.66 bits per heavy atom. The predicted molar refractivity (Wildman–Crippen MR) is 138 cm³/mol. The van der Waals surface area contributed by atoms with E-state index in [1.807, 2.05) is 60.8 Å². The third-order valence-corrected chi connectivity index (χ3v) is 7.65. The maximum atomic E-state index is 13.4. The van der Waals surface area contributed by atoms with E-state index < -0.39 is 12.1 Å². The molecule has 1 saturated carbocycles. The van der Waals surface area contributed by atoms with Crippen molar-refractivity contribution in [2.75, 3.05) is 4.90 Å². The molecule has 3 aromatic rings. The van der Waals surface area contributed by atoms with Crippen LogP contribution in [0.2, 0.25) is 0 Å².